The Morgan fingerprint density at radius 1 is 1.26 bits per heavy atom. The molecule has 2 N–H and O–H groups in total. The Labute approximate surface area is 138 Å². The number of aliphatic hydroxyl groups is 1. The molecule has 0 unspecified atom stereocenters. The average molecular weight is 321 g/mol. The number of hydrogen-bond donors (Lipinski definition) is 2. The molecule has 0 bridgehead atoms. The van der Waals surface area contributed by atoms with Crippen molar-refractivity contribution < 1.29 is 19.4 Å². The lowest BCUT2D eigenvalue weighted by Gasteiger charge is -2.30. The first-order valence-corrected chi connectivity index (χ1v) is 8.33. The molecule has 0 saturated heterocycles. The molecule has 1 aromatic carbocycles. The van der Waals surface area contributed by atoms with Crippen molar-refractivity contribution in [2.24, 2.45) is 5.92 Å². The Bertz CT molecular complexity index is 512. The number of hydrogen-bond acceptors (Lipinski definition) is 4. The zero-order valence-electron chi connectivity index (χ0n) is 14.0. The van der Waals surface area contributed by atoms with Crippen LogP contribution < -0.4 is 14.8 Å². The number of nitrogens with one attached hydrogen (secondary N) is 1. The van der Waals surface area contributed by atoms with Crippen LogP contribution in [-0.4, -0.2) is 37.9 Å². The zero-order valence-corrected chi connectivity index (χ0v) is 14.0. The second-order valence-corrected chi connectivity index (χ2v) is 6.06. The van der Waals surface area contributed by atoms with E-state index in [1.165, 1.54) is 19.3 Å². The second-order valence-electron chi connectivity index (χ2n) is 6.06. The summed E-state index contributed by atoms with van der Waals surface area (Å²) in [5.74, 6) is 1.41. The molecule has 0 aromatic heterocycles. The van der Waals surface area contributed by atoms with Crippen LogP contribution in [0.25, 0.3) is 0 Å². The number of rotatable bonds is 7. The molecule has 0 spiro atoms. The normalized spacial score (nSPS) is 16.7. The van der Waals surface area contributed by atoms with Gasteiger partial charge in [0.1, 0.15) is 11.5 Å². The first kappa shape index (κ1) is 17.6. The van der Waals surface area contributed by atoms with Gasteiger partial charge < -0.3 is 19.9 Å². The second kappa shape index (κ2) is 8.77. The highest BCUT2D eigenvalue weighted by molar-refractivity contribution is 5.97. The van der Waals surface area contributed by atoms with Crippen LogP contribution in [0.2, 0.25) is 0 Å². The molecule has 0 radical (unpaired) electrons. The van der Waals surface area contributed by atoms with Gasteiger partial charge >= 0.3 is 0 Å². The average Bonchev–Trinajstić information content (AvgIpc) is 2.61. The SMILES string of the molecule is COc1ccc(OC)c(C(=O)N[C@H](CCO)C2CCCCC2)c1. The Hall–Kier alpha value is -1.75. The number of methoxy groups -OCH3 is 2. The topological polar surface area (TPSA) is 67.8 Å². The fourth-order valence-corrected chi connectivity index (χ4v) is 3.34. The van der Waals surface area contributed by atoms with Crippen molar-refractivity contribution in [1.82, 2.24) is 5.32 Å². The van der Waals surface area contributed by atoms with E-state index in [0.717, 1.165) is 12.8 Å². The van der Waals surface area contributed by atoms with E-state index < -0.39 is 0 Å². The van der Waals surface area contributed by atoms with E-state index in [2.05, 4.69) is 5.32 Å². The summed E-state index contributed by atoms with van der Waals surface area (Å²) in [6.07, 6.45) is 6.47. The molecule has 1 fully saturated rings. The van der Waals surface area contributed by atoms with Gasteiger partial charge in [0.05, 0.1) is 19.8 Å². The molecule has 5 nitrogen and oxygen atoms in total. The van der Waals surface area contributed by atoms with Gasteiger partial charge in [-0.05, 0) is 43.4 Å². The third-order valence-electron chi connectivity index (χ3n) is 4.63. The third-order valence-corrected chi connectivity index (χ3v) is 4.63. The zero-order chi connectivity index (χ0) is 16.7. The molecular weight excluding hydrogens is 294 g/mol. The van der Waals surface area contributed by atoms with Gasteiger partial charge in [0.2, 0.25) is 0 Å². The van der Waals surface area contributed by atoms with Crippen molar-refractivity contribution in [2.75, 3.05) is 20.8 Å². The van der Waals surface area contributed by atoms with Crippen molar-refractivity contribution in [3.8, 4) is 11.5 Å². The van der Waals surface area contributed by atoms with Crippen LogP contribution >= 0.6 is 0 Å². The molecule has 1 aromatic rings. The van der Waals surface area contributed by atoms with Gasteiger partial charge in [-0.3, -0.25) is 4.79 Å². The van der Waals surface area contributed by atoms with Crippen molar-refractivity contribution in [1.29, 1.82) is 0 Å². The van der Waals surface area contributed by atoms with E-state index in [4.69, 9.17) is 9.47 Å². The molecule has 23 heavy (non-hydrogen) atoms. The molecule has 0 aliphatic heterocycles. The number of benzene rings is 1. The summed E-state index contributed by atoms with van der Waals surface area (Å²) in [4.78, 5) is 12.7. The van der Waals surface area contributed by atoms with E-state index >= 15 is 0 Å². The minimum Gasteiger partial charge on any atom is -0.497 e. The largest absolute Gasteiger partial charge is 0.497 e. The van der Waals surface area contributed by atoms with Crippen LogP contribution in [0, 0.1) is 5.92 Å². The molecular formula is C18H27NO4. The Morgan fingerprint density at radius 3 is 2.61 bits per heavy atom. The summed E-state index contributed by atoms with van der Waals surface area (Å²) in [6, 6.07) is 5.19. The first-order chi connectivity index (χ1) is 11.2. The standard InChI is InChI=1S/C18H27NO4/c1-22-14-8-9-17(23-2)15(12-14)18(21)19-16(10-11-20)13-6-4-3-5-7-13/h8-9,12-13,16,20H,3-7,10-11H2,1-2H3,(H,19,21)/t16-/m1/s1. The first-order valence-electron chi connectivity index (χ1n) is 8.33. The molecule has 1 amide bonds. The van der Waals surface area contributed by atoms with Gasteiger partial charge in [-0.25, -0.2) is 0 Å². The molecule has 128 valence electrons. The van der Waals surface area contributed by atoms with E-state index in [1.54, 1.807) is 32.4 Å². The predicted octanol–water partition coefficient (Wildman–Crippen LogP) is 2.76. The minimum atomic E-state index is -0.176. The highest BCUT2D eigenvalue weighted by Crippen LogP contribution is 2.29. The minimum absolute atomic E-state index is 0.00343. The molecule has 5 heteroatoms. The highest BCUT2D eigenvalue weighted by Gasteiger charge is 2.26. The summed E-state index contributed by atoms with van der Waals surface area (Å²) >= 11 is 0. The highest BCUT2D eigenvalue weighted by atomic mass is 16.5. The van der Waals surface area contributed by atoms with Crippen molar-refractivity contribution in [2.45, 2.75) is 44.6 Å². The summed E-state index contributed by atoms with van der Waals surface area (Å²) in [5, 5.41) is 12.4. The Balaban J connectivity index is 2.14. The van der Waals surface area contributed by atoms with E-state index in [1.807, 2.05) is 0 Å². The summed E-state index contributed by atoms with van der Waals surface area (Å²) < 4.78 is 10.5. The number of amides is 1. The van der Waals surface area contributed by atoms with Crippen LogP contribution in [0.1, 0.15) is 48.9 Å². The maximum absolute atomic E-state index is 12.7. The molecule has 0 heterocycles. The van der Waals surface area contributed by atoms with Gasteiger partial charge in [-0.15, -0.1) is 0 Å². The lowest BCUT2D eigenvalue weighted by atomic mass is 9.82. The molecule has 2 rings (SSSR count). The van der Waals surface area contributed by atoms with Crippen LogP contribution in [0.5, 0.6) is 11.5 Å². The number of carbonyl (C=O) groups is 1. The smallest absolute Gasteiger partial charge is 0.255 e. The lowest BCUT2D eigenvalue weighted by Crippen LogP contribution is -2.41. The van der Waals surface area contributed by atoms with Crippen molar-refractivity contribution in [3.05, 3.63) is 23.8 Å². The summed E-state index contributed by atoms with van der Waals surface area (Å²) in [5.41, 5.74) is 0.464. The van der Waals surface area contributed by atoms with Gasteiger partial charge in [0.15, 0.2) is 0 Å². The van der Waals surface area contributed by atoms with Crippen LogP contribution in [-0.2, 0) is 0 Å². The predicted molar refractivity (Wildman–Crippen MR) is 89.1 cm³/mol. The van der Waals surface area contributed by atoms with E-state index in [9.17, 15) is 9.90 Å². The summed E-state index contributed by atoms with van der Waals surface area (Å²) in [6.45, 7) is 0.0801. The molecule has 1 aliphatic carbocycles. The van der Waals surface area contributed by atoms with Gasteiger partial charge in [0.25, 0.3) is 5.91 Å². The fraction of sp³-hybridized carbons (Fsp3) is 0.611. The quantitative estimate of drug-likeness (QED) is 0.810. The van der Waals surface area contributed by atoms with Crippen LogP contribution in [0.3, 0.4) is 0 Å². The Morgan fingerprint density at radius 2 is 2.00 bits per heavy atom. The number of aliphatic hydroxyl groups excluding tert-OH is 1. The molecule has 1 atom stereocenters. The van der Waals surface area contributed by atoms with Crippen molar-refractivity contribution >= 4 is 5.91 Å². The number of ether oxygens (including phenoxy) is 2. The molecule has 1 aliphatic rings. The maximum Gasteiger partial charge on any atom is 0.255 e. The van der Waals surface area contributed by atoms with E-state index in [-0.39, 0.29) is 18.6 Å². The van der Waals surface area contributed by atoms with E-state index in [0.29, 0.717) is 29.4 Å². The number of carbonyl (C=O) groups excluding carboxylic acids is 1. The van der Waals surface area contributed by atoms with Gasteiger partial charge in [-0.1, -0.05) is 19.3 Å². The molecule has 1 saturated carbocycles. The van der Waals surface area contributed by atoms with Gasteiger partial charge in [-0.2, -0.15) is 0 Å². The Kier molecular flexibility index (Phi) is 6.71. The van der Waals surface area contributed by atoms with Crippen molar-refractivity contribution in [3.63, 3.8) is 0 Å². The van der Waals surface area contributed by atoms with Crippen LogP contribution in [0.4, 0.5) is 0 Å². The van der Waals surface area contributed by atoms with Crippen LogP contribution in [0.15, 0.2) is 18.2 Å². The summed E-state index contributed by atoms with van der Waals surface area (Å²) in [7, 11) is 3.12. The van der Waals surface area contributed by atoms with Gasteiger partial charge in [0, 0.05) is 12.6 Å². The monoisotopic (exact) mass is 321 g/mol. The fourth-order valence-electron chi connectivity index (χ4n) is 3.34. The maximum atomic E-state index is 12.7. The third kappa shape index (κ3) is 4.61. The lowest BCUT2D eigenvalue weighted by molar-refractivity contribution is 0.0896.